The number of benzene rings is 2. The summed E-state index contributed by atoms with van der Waals surface area (Å²) in [5.41, 5.74) is 1.51. The smallest absolute Gasteiger partial charge is 0.271 e. The minimum absolute atomic E-state index is 0.0464. The number of ketones is 1. The second-order valence-electron chi connectivity index (χ2n) is 8.10. The molecular formula is C27H28N2O4. The van der Waals surface area contributed by atoms with Gasteiger partial charge >= 0.3 is 0 Å². The van der Waals surface area contributed by atoms with Crippen LogP contribution in [0.25, 0.3) is 0 Å². The number of rotatable bonds is 9. The monoisotopic (exact) mass is 444 g/mol. The van der Waals surface area contributed by atoms with Crippen molar-refractivity contribution in [2.45, 2.75) is 46.6 Å². The van der Waals surface area contributed by atoms with Gasteiger partial charge in [0.2, 0.25) is 5.88 Å². The molecule has 0 spiro atoms. The van der Waals surface area contributed by atoms with Gasteiger partial charge in [-0.2, -0.15) is 5.26 Å². The average Bonchev–Trinajstić information content (AvgIpc) is 2.81. The summed E-state index contributed by atoms with van der Waals surface area (Å²) in [5.74, 6) is -0.246. The maximum absolute atomic E-state index is 13.3. The molecule has 0 amide bonds. The zero-order valence-electron chi connectivity index (χ0n) is 19.2. The lowest BCUT2D eigenvalue weighted by atomic mass is 9.97. The van der Waals surface area contributed by atoms with Crippen LogP contribution < -0.4 is 10.3 Å². The fourth-order valence-electron chi connectivity index (χ4n) is 3.63. The molecule has 33 heavy (non-hydrogen) atoms. The van der Waals surface area contributed by atoms with Crippen LogP contribution in [0.5, 0.6) is 11.6 Å². The Kier molecular flexibility index (Phi) is 7.68. The first-order valence-electron chi connectivity index (χ1n) is 11.1. The minimum atomic E-state index is -0.625. The largest absolute Gasteiger partial charge is 0.494 e. The van der Waals surface area contributed by atoms with Crippen LogP contribution >= 0.6 is 0 Å². The molecule has 6 heteroatoms. The molecule has 0 aliphatic heterocycles. The quantitative estimate of drug-likeness (QED) is 0.375. The van der Waals surface area contributed by atoms with Crippen LogP contribution in [-0.4, -0.2) is 22.1 Å². The molecule has 0 atom stereocenters. The molecule has 2 aromatic carbocycles. The van der Waals surface area contributed by atoms with Crippen molar-refractivity contribution in [3.63, 3.8) is 0 Å². The van der Waals surface area contributed by atoms with Crippen LogP contribution in [0.15, 0.2) is 53.3 Å². The summed E-state index contributed by atoms with van der Waals surface area (Å²) in [5, 5.41) is 20.5. The van der Waals surface area contributed by atoms with Crippen molar-refractivity contribution < 1.29 is 14.6 Å². The molecule has 3 rings (SSSR count). The summed E-state index contributed by atoms with van der Waals surface area (Å²) in [6, 6.07) is 16.0. The molecule has 170 valence electrons. The van der Waals surface area contributed by atoms with Gasteiger partial charge in [0, 0.05) is 5.56 Å². The molecule has 0 aliphatic rings. The molecule has 0 unspecified atom stereocenters. The Bertz CT molecular complexity index is 1230. The number of ether oxygens (including phenoxy) is 1. The second-order valence-corrected chi connectivity index (χ2v) is 8.10. The molecule has 1 aromatic heterocycles. The molecule has 0 aliphatic carbocycles. The summed E-state index contributed by atoms with van der Waals surface area (Å²) in [7, 11) is 0. The van der Waals surface area contributed by atoms with Gasteiger partial charge in [-0.3, -0.25) is 14.2 Å². The Labute approximate surface area is 193 Å². The number of aromatic hydroxyl groups is 1. The first kappa shape index (κ1) is 23.8. The van der Waals surface area contributed by atoms with E-state index >= 15 is 0 Å². The molecule has 0 saturated heterocycles. The highest BCUT2D eigenvalue weighted by Crippen LogP contribution is 2.26. The van der Waals surface area contributed by atoms with Crippen LogP contribution in [-0.2, 0) is 6.54 Å². The van der Waals surface area contributed by atoms with E-state index in [1.165, 1.54) is 6.92 Å². The van der Waals surface area contributed by atoms with Crippen LogP contribution in [0.2, 0.25) is 0 Å². The van der Waals surface area contributed by atoms with E-state index < -0.39 is 17.2 Å². The van der Waals surface area contributed by atoms with Gasteiger partial charge in [0.1, 0.15) is 17.4 Å². The average molecular weight is 445 g/mol. The van der Waals surface area contributed by atoms with Gasteiger partial charge in [-0.1, -0.05) is 49.6 Å². The lowest BCUT2D eigenvalue weighted by Gasteiger charge is -2.16. The lowest BCUT2D eigenvalue weighted by molar-refractivity contribution is 0.103. The van der Waals surface area contributed by atoms with Crippen molar-refractivity contribution in [3.8, 4) is 17.7 Å². The highest BCUT2D eigenvalue weighted by molar-refractivity contribution is 6.11. The van der Waals surface area contributed by atoms with E-state index in [0.29, 0.717) is 17.9 Å². The molecule has 6 nitrogen and oxygen atoms in total. The fourth-order valence-corrected chi connectivity index (χ4v) is 3.63. The number of aryl methyl sites for hydroxylation is 1. The molecule has 1 N–H and O–H groups in total. The second kappa shape index (κ2) is 10.6. The summed E-state index contributed by atoms with van der Waals surface area (Å²) in [4.78, 5) is 26.2. The van der Waals surface area contributed by atoms with Crippen LogP contribution in [0, 0.1) is 25.2 Å². The Morgan fingerprint density at radius 1 is 1.06 bits per heavy atom. The number of hydrogen-bond acceptors (Lipinski definition) is 5. The fraction of sp³-hybridized carbons (Fsp3) is 0.296. The Morgan fingerprint density at radius 2 is 1.73 bits per heavy atom. The van der Waals surface area contributed by atoms with Crippen LogP contribution in [0.1, 0.15) is 64.4 Å². The van der Waals surface area contributed by atoms with Crippen molar-refractivity contribution in [1.29, 1.82) is 5.26 Å². The normalized spacial score (nSPS) is 10.6. The van der Waals surface area contributed by atoms with Gasteiger partial charge in [-0.15, -0.1) is 0 Å². The van der Waals surface area contributed by atoms with Crippen molar-refractivity contribution >= 4 is 5.78 Å². The first-order chi connectivity index (χ1) is 15.9. The van der Waals surface area contributed by atoms with Gasteiger partial charge < -0.3 is 9.84 Å². The number of carbonyl (C=O) groups excluding carboxylic acids is 1. The topological polar surface area (TPSA) is 92.3 Å². The lowest BCUT2D eigenvalue weighted by Crippen LogP contribution is -2.27. The maximum Gasteiger partial charge on any atom is 0.271 e. The van der Waals surface area contributed by atoms with Crippen molar-refractivity contribution in [1.82, 2.24) is 4.57 Å². The number of unbranched alkanes of at least 4 members (excludes halogenated alkanes) is 2. The van der Waals surface area contributed by atoms with E-state index in [-0.39, 0.29) is 23.2 Å². The maximum atomic E-state index is 13.3. The first-order valence-corrected chi connectivity index (χ1v) is 11.1. The van der Waals surface area contributed by atoms with E-state index in [1.54, 1.807) is 24.3 Å². The third kappa shape index (κ3) is 5.32. The molecule has 0 fully saturated rings. The zero-order chi connectivity index (χ0) is 24.0. The summed E-state index contributed by atoms with van der Waals surface area (Å²) >= 11 is 0. The zero-order valence-corrected chi connectivity index (χ0v) is 19.2. The molecule has 0 radical (unpaired) electrons. The molecule has 3 aromatic rings. The van der Waals surface area contributed by atoms with E-state index in [0.717, 1.165) is 35.0 Å². The van der Waals surface area contributed by atoms with Crippen molar-refractivity contribution in [2.24, 2.45) is 0 Å². The van der Waals surface area contributed by atoms with Gasteiger partial charge in [0.05, 0.1) is 18.7 Å². The molecule has 0 bridgehead atoms. The Hall–Kier alpha value is -3.85. The number of carbonyl (C=O) groups is 1. The third-order valence-corrected chi connectivity index (χ3v) is 5.62. The van der Waals surface area contributed by atoms with Gasteiger partial charge in [-0.25, -0.2) is 0 Å². The minimum Gasteiger partial charge on any atom is -0.494 e. The van der Waals surface area contributed by atoms with E-state index in [9.17, 15) is 20.0 Å². The third-order valence-electron chi connectivity index (χ3n) is 5.62. The Balaban J connectivity index is 1.96. The number of pyridine rings is 1. The number of nitriles is 1. The van der Waals surface area contributed by atoms with Gasteiger partial charge in [0.25, 0.3) is 5.56 Å². The van der Waals surface area contributed by atoms with Gasteiger partial charge in [0.15, 0.2) is 5.78 Å². The van der Waals surface area contributed by atoms with Crippen LogP contribution in [0.4, 0.5) is 0 Å². The summed E-state index contributed by atoms with van der Waals surface area (Å²) in [6.45, 7) is 6.24. The predicted molar refractivity (Wildman–Crippen MR) is 127 cm³/mol. The summed E-state index contributed by atoms with van der Waals surface area (Å²) < 4.78 is 6.77. The van der Waals surface area contributed by atoms with E-state index in [2.05, 4.69) is 6.92 Å². The van der Waals surface area contributed by atoms with Crippen LogP contribution in [0.3, 0.4) is 0 Å². The Morgan fingerprint density at radius 3 is 2.33 bits per heavy atom. The SMILES string of the molecule is CCCCCOc1ccc(C(=O)c2c(C)c(C#N)c(=O)n(Cc3ccc(C)cc3)c2O)cc1. The van der Waals surface area contributed by atoms with E-state index in [1.807, 2.05) is 37.3 Å². The molecule has 0 saturated carbocycles. The number of hydrogen-bond donors (Lipinski definition) is 1. The van der Waals surface area contributed by atoms with Gasteiger partial charge in [-0.05, 0) is 55.7 Å². The highest BCUT2D eigenvalue weighted by atomic mass is 16.5. The highest BCUT2D eigenvalue weighted by Gasteiger charge is 2.25. The predicted octanol–water partition coefficient (Wildman–Crippen LogP) is 4.89. The standard InChI is InChI=1S/C27H28N2O4/c1-4-5-6-15-33-22-13-11-21(12-14-22)25(30)24-19(3)23(16-28)26(31)29(27(24)32)17-20-9-7-18(2)8-10-20/h7-14,32H,4-6,15,17H2,1-3H3. The van der Waals surface area contributed by atoms with Crippen molar-refractivity contribution in [2.75, 3.05) is 6.61 Å². The van der Waals surface area contributed by atoms with E-state index in [4.69, 9.17) is 4.74 Å². The number of aromatic nitrogens is 1. The summed E-state index contributed by atoms with van der Waals surface area (Å²) in [6.07, 6.45) is 3.16. The molecular weight excluding hydrogens is 416 g/mol. The molecule has 1 heterocycles. The van der Waals surface area contributed by atoms with Crippen molar-refractivity contribution in [3.05, 3.63) is 92.3 Å². The number of nitrogens with zero attached hydrogens (tertiary/aromatic N) is 2.